The van der Waals surface area contributed by atoms with E-state index in [4.69, 9.17) is 0 Å². The van der Waals surface area contributed by atoms with E-state index >= 15 is 0 Å². The molecule has 0 bridgehead atoms. The molecule has 0 saturated heterocycles. The van der Waals surface area contributed by atoms with Gasteiger partial charge in [0.15, 0.2) is 0 Å². The average molecular weight is 316 g/mol. The Morgan fingerprint density at radius 3 is 2.50 bits per heavy atom. The molecule has 0 aliphatic rings. The van der Waals surface area contributed by atoms with Crippen molar-refractivity contribution in [1.29, 1.82) is 0 Å². The number of alkyl halides is 3. The summed E-state index contributed by atoms with van der Waals surface area (Å²) < 4.78 is 37.6. The Kier molecular flexibility index (Phi) is 6.88. The lowest BCUT2D eigenvalue weighted by Gasteiger charge is -2.10. The summed E-state index contributed by atoms with van der Waals surface area (Å²) in [6.07, 6.45) is -2.06. The molecule has 0 atom stereocenters. The lowest BCUT2D eigenvalue weighted by atomic mass is 10.1. The Morgan fingerprint density at radius 1 is 1.14 bits per heavy atom. The van der Waals surface area contributed by atoms with Gasteiger partial charge in [-0.15, -0.1) is 0 Å². The summed E-state index contributed by atoms with van der Waals surface area (Å²) in [5.74, 6) is -0.416. The van der Waals surface area contributed by atoms with Crippen molar-refractivity contribution in [2.75, 3.05) is 11.9 Å². The van der Waals surface area contributed by atoms with Gasteiger partial charge in [-0.1, -0.05) is 12.5 Å². The number of unbranched alkanes of at least 4 members (excludes halogenated alkanes) is 2. The molecule has 0 aliphatic carbocycles. The molecule has 0 fully saturated rings. The molecule has 0 aliphatic heterocycles. The smallest absolute Gasteiger partial charge is 0.356 e. The number of halogens is 3. The number of benzene rings is 1. The SMILES string of the molecule is CC(=O)NCCCCCC(=O)Nc1cccc(C(F)(F)F)c1. The number of carbonyl (C=O) groups excluding carboxylic acids is 2. The Morgan fingerprint density at radius 2 is 1.86 bits per heavy atom. The van der Waals surface area contributed by atoms with Crippen molar-refractivity contribution in [2.45, 2.75) is 38.8 Å². The van der Waals surface area contributed by atoms with Crippen molar-refractivity contribution in [2.24, 2.45) is 0 Å². The van der Waals surface area contributed by atoms with Crippen LogP contribution in [0.3, 0.4) is 0 Å². The van der Waals surface area contributed by atoms with Gasteiger partial charge in [0.25, 0.3) is 0 Å². The average Bonchev–Trinajstić information content (AvgIpc) is 2.41. The van der Waals surface area contributed by atoms with Crippen LogP contribution in [-0.4, -0.2) is 18.4 Å². The van der Waals surface area contributed by atoms with Gasteiger partial charge in [0, 0.05) is 25.6 Å². The van der Waals surface area contributed by atoms with Crippen LogP contribution in [0.5, 0.6) is 0 Å². The summed E-state index contributed by atoms with van der Waals surface area (Å²) in [5.41, 5.74) is -0.654. The fourth-order valence-corrected chi connectivity index (χ4v) is 1.85. The molecule has 122 valence electrons. The van der Waals surface area contributed by atoms with Crippen LogP contribution in [0.1, 0.15) is 38.2 Å². The molecule has 7 heteroatoms. The second kappa shape index (κ2) is 8.41. The van der Waals surface area contributed by atoms with Gasteiger partial charge in [0.2, 0.25) is 11.8 Å². The zero-order valence-electron chi connectivity index (χ0n) is 12.3. The van der Waals surface area contributed by atoms with Crippen molar-refractivity contribution < 1.29 is 22.8 Å². The molecule has 1 aromatic carbocycles. The van der Waals surface area contributed by atoms with E-state index in [1.807, 2.05) is 0 Å². The van der Waals surface area contributed by atoms with Crippen molar-refractivity contribution in [1.82, 2.24) is 5.32 Å². The highest BCUT2D eigenvalue weighted by Gasteiger charge is 2.30. The Labute approximate surface area is 127 Å². The molecule has 0 unspecified atom stereocenters. The first-order chi connectivity index (χ1) is 10.3. The van der Waals surface area contributed by atoms with Crippen LogP contribution < -0.4 is 10.6 Å². The molecule has 22 heavy (non-hydrogen) atoms. The van der Waals surface area contributed by atoms with Gasteiger partial charge in [0.05, 0.1) is 5.56 Å². The summed E-state index contributed by atoms with van der Waals surface area (Å²) in [7, 11) is 0. The van der Waals surface area contributed by atoms with E-state index in [2.05, 4.69) is 10.6 Å². The highest BCUT2D eigenvalue weighted by Crippen LogP contribution is 2.30. The summed E-state index contributed by atoms with van der Waals surface area (Å²) >= 11 is 0. The highest BCUT2D eigenvalue weighted by atomic mass is 19.4. The number of amides is 2. The lowest BCUT2D eigenvalue weighted by molar-refractivity contribution is -0.137. The van der Waals surface area contributed by atoms with E-state index in [9.17, 15) is 22.8 Å². The monoisotopic (exact) mass is 316 g/mol. The van der Waals surface area contributed by atoms with Gasteiger partial charge in [0.1, 0.15) is 0 Å². The van der Waals surface area contributed by atoms with Gasteiger partial charge in [-0.3, -0.25) is 9.59 Å². The minimum Gasteiger partial charge on any atom is -0.356 e. The summed E-state index contributed by atoms with van der Waals surface area (Å²) in [4.78, 5) is 22.3. The molecular weight excluding hydrogens is 297 g/mol. The second-order valence-electron chi connectivity index (χ2n) is 4.92. The van der Waals surface area contributed by atoms with Crippen LogP contribution in [0.15, 0.2) is 24.3 Å². The Hall–Kier alpha value is -2.05. The van der Waals surface area contributed by atoms with Gasteiger partial charge in [-0.05, 0) is 31.0 Å². The zero-order valence-corrected chi connectivity index (χ0v) is 12.3. The third-order valence-electron chi connectivity index (χ3n) is 2.93. The third kappa shape index (κ3) is 7.10. The van der Waals surface area contributed by atoms with Gasteiger partial charge in [-0.25, -0.2) is 0 Å². The van der Waals surface area contributed by atoms with Crippen LogP contribution in [0.4, 0.5) is 18.9 Å². The summed E-state index contributed by atoms with van der Waals surface area (Å²) in [5, 5.41) is 5.10. The van der Waals surface area contributed by atoms with Crippen molar-refractivity contribution in [3.05, 3.63) is 29.8 Å². The number of hydrogen-bond acceptors (Lipinski definition) is 2. The van der Waals surface area contributed by atoms with E-state index < -0.39 is 11.7 Å². The topological polar surface area (TPSA) is 58.2 Å². The normalized spacial score (nSPS) is 11.1. The standard InChI is InChI=1S/C15H19F3N2O2/c1-11(21)19-9-4-2-3-8-14(22)20-13-7-5-6-12(10-13)15(16,17)18/h5-7,10H,2-4,8-9H2,1H3,(H,19,21)(H,20,22). The van der Waals surface area contributed by atoms with E-state index in [0.29, 0.717) is 13.0 Å². The minimum atomic E-state index is -4.43. The van der Waals surface area contributed by atoms with Gasteiger partial charge >= 0.3 is 6.18 Å². The summed E-state index contributed by atoms with van der Waals surface area (Å²) in [6, 6.07) is 4.54. The summed E-state index contributed by atoms with van der Waals surface area (Å²) in [6.45, 7) is 1.99. The minimum absolute atomic E-state index is 0.0951. The molecule has 0 radical (unpaired) electrons. The first-order valence-corrected chi connectivity index (χ1v) is 7.00. The van der Waals surface area contributed by atoms with Gasteiger partial charge in [-0.2, -0.15) is 13.2 Å². The molecule has 1 aromatic rings. The third-order valence-corrected chi connectivity index (χ3v) is 2.93. The zero-order chi connectivity index (χ0) is 16.6. The maximum absolute atomic E-state index is 12.5. The fraction of sp³-hybridized carbons (Fsp3) is 0.467. The van der Waals surface area contributed by atoms with E-state index in [1.165, 1.54) is 19.1 Å². The van der Waals surface area contributed by atoms with Gasteiger partial charge < -0.3 is 10.6 Å². The first-order valence-electron chi connectivity index (χ1n) is 7.00. The predicted molar refractivity (Wildman–Crippen MR) is 77.2 cm³/mol. The molecule has 0 spiro atoms. The van der Waals surface area contributed by atoms with E-state index in [0.717, 1.165) is 25.0 Å². The molecule has 0 heterocycles. The number of nitrogens with one attached hydrogen (secondary N) is 2. The van der Waals surface area contributed by atoms with Crippen molar-refractivity contribution in [3.8, 4) is 0 Å². The van der Waals surface area contributed by atoms with E-state index in [1.54, 1.807) is 0 Å². The fourth-order valence-electron chi connectivity index (χ4n) is 1.85. The molecular formula is C15H19F3N2O2. The van der Waals surface area contributed by atoms with Crippen LogP contribution >= 0.6 is 0 Å². The number of carbonyl (C=O) groups is 2. The van der Waals surface area contributed by atoms with Crippen LogP contribution in [-0.2, 0) is 15.8 Å². The van der Waals surface area contributed by atoms with Crippen LogP contribution in [0.2, 0.25) is 0 Å². The second-order valence-corrected chi connectivity index (χ2v) is 4.92. The van der Waals surface area contributed by atoms with Crippen LogP contribution in [0, 0.1) is 0 Å². The number of hydrogen-bond donors (Lipinski definition) is 2. The Balaban J connectivity index is 2.32. The van der Waals surface area contributed by atoms with E-state index in [-0.39, 0.29) is 23.9 Å². The maximum atomic E-state index is 12.5. The number of rotatable bonds is 7. The molecule has 1 rings (SSSR count). The molecule has 4 nitrogen and oxygen atoms in total. The predicted octanol–water partition coefficient (Wildman–Crippen LogP) is 3.34. The van der Waals surface area contributed by atoms with Crippen LogP contribution in [0.25, 0.3) is 0 Å². The molecule has 2 N–H and O–H groups in total. The molecule has 0 aromatic heterocycles. The largest absolute Gasteiger partial charge is 0.416 e. The van der Waals surface area contributed by atoms with Crippen molar-refractivity contribution >= 4 is 17.5 Å². The Bertz CT molecular complexity index is 516. The lowest BCUT2D eigenvalue weighted by Crippen LogP contribution is -2.20. The first kappa shape index (κ1) is 18.0. The highest BCUT2D eigenvalue weighted by molar-refractivity contribution is 5.90. The quantitative estimate of drug-likeness (QED) is 0.758. The molecule has 2 amide bonds. The number of anilines is 1. The molecule has 0 saturated carbocycles. The maximum Gasteiger partial charge on any atom is 0.416 e. The van der Waals surface area contributed by atoms with Crippen molar-refractivity contribution in [3.63, 3.8) is 0 Å².